The Hall–Kier alpha value is -3.46. The first kappa shape index (κ1) is 21.4. The van der Waals surface area contributed by atoms with Gasteiger partial charge in [-0.15, -0.1) is 0 Å². The number of imide groups is 1. The van der Waals surface area contributed by atoms with Crippen LogP contribution in [0.3, 0.4) is 0 Å². The first-order valence-electron chi connectivity index (χ1n) is 9.95. The van der Waals surface area contributed by atoms with Crippen molar-refractivity contribution in [2.75, 3.05) is 9.96 Å². The van der Waals surface area contributed by atoms with E-state index in [0.717, 1.165) is 4.90 Å². The number of hydrogen-bond donors (Lipinski definition) is 0. The number of amides is 2. The fourth-order valence-electron chi connectivity index (χ4n) is 4.27. The number of anilines is 2. The zero-order valence-corrected chi connectivity index (χ0v) is 18.3. The molecule has 0 N–H and O–H groups in total. The molecule has 8 nitrogen and oxygen atoms in total. The van der Waals surface area contributed by atoms with Gasteiger partial charge >= 0.3 is 0 Å². The zero-order valence-electron chi connectivity index (χ0n) is 16.8. The molecule has 2 heterocycles. The van der Waals surface area contributed by atoms with Crippen LogP contribution in [0.1, 0.15) is 11.6 Å². The van der Waals surface area contributed by atoms with Crippen molar-refractivity contribution in [3.8, 4) is 0 Å². The van der Waals surface area contributed by atoms with Crippen molar-refractivity contribution in [1.82, 2.24) is 0 Å². The molecule has 0 spiro atoms. The third-order valence-electron chi connectivity index (χ3n) is 5.71. The molecular weight excluding hydrogens is 469 g/mol. The summed E-state index contributed by atoms with van der Waals surface area (Å²) in [5.41, 5.74) is 1.11. The lowest BCUT2D eigenvalue weighted by Gasteiger charge is -2.29. The van der Waals surface area contributed by atoms with E-state index < -0.39 is 34.8 Å². The molecule has 3 atom stereocenters. The molecule has 3 aromatic rings. The van der Waals surface area contributed by atoms with Gasteiger partial charge in [0.15, 0.2) is 6.10 Å². The number of fused-ring (bicyclic) bond motifs is 1. The molecule has 0 aromatic heterocycles. The number of carbonyl (C=O) groups excluding carboxylic acids is 2. The number of rotatable bonds is 4. The minimum Gasteiger partial charge on any atom is -0.273 e. The Bertz CT molecular complexity index is 1290. The molecule has 3 aromatic carbocycles. The van der Waals surface area contributed by atoms with E-state index in [2.05, 4.69) is 0 Å². The number of halogens is 2. The highest BCUT2D eigenvalue weighted by atomic mass is 35.5. The smallest absolute Gasteiger partial charge is 0.271 e. The molecule has 2 fully saturated rings. The van der Waals surface area contributed by atoms with Crippen molar-refractivity contribution in [1.29, 1.82) is 0 Å². The van der Waals surface area contributed by atoms with E-state index in [-0.39, 0.29) is 10.7 Å². The van der Waals surface area contributed by atoms with E-state index in [1.165, 1.54) is 29.3 Å². The van der Waals surface area contributed by atoms with Crippen LogP contribution in [0, 0.1) is 16.0 Å². The van der Waals surface area contributed by atoms with Crippen molar-refractivity contribution in [2.45, 2.75) is 12.1 Å². The molecule has 33 heavy (non-hydrogen) atoms. The molecule has 0 bridgehead atoms. The summed E-state index contributed by atoms with van der Waals surface area (Å²) < 4.78 is 0. The lowest BCUT2D eigenvalue weighted by atomic mass is 9.90. The van der Waals surface area contributed by atoms with Gasteiger partial charge in [-0.1, -0.05) is 53.5 Å². The Morgan fingerprint density at radius 2 is 1.61 bits per heavy atom. The van der Waals surface area contributed by atoms with Crippen LogP contribution in [-0.2, 0) is 14.4 Å². The molecule has 0 unspecified atom stereocenters. The first-order chi connectivity index (χ1) is 15.9. The number of carbonyl (C=O) groups is 2. The van der Waals surface area contributed by atoms with Crippen LogP contribution in [0.15, 0.2) is 72.8 Å². The summed E-state index contributed by atoms with van der Waals surface area (Å²) in [5, 5.41) is 13.3. The fourth-order valence-corrected chi connectivity index (χ4v) is 4.79. The van der Waals surface area contributed by atoms with Crippen molar-refractivity contribution >= 4 is 52.1 Å². The molecule has 2 saturated heterocycles. The maximum atomic E-state index is 13.5. The molecule has 0 radical (unpaired) electrons. The van der Waals surface area contributed by atoms with Gasteiger partial charge in [0.2, 0.25) is 5.91 Å². The van der Waals surface area contributed by atoms with E-state index in [1.54, 1.807) is 48.5 Å². The van der Waals surface area contributed by atoms with E-state index in [1.807, 2.05) is 0 Å². The summed E-state index contributed by atoms with van der Waals surface area (Å²) in [5.74, 6) is -1.88. The Morgan fingerprint density at radius 1 is 0.879 bits per heavy atom. The van der Waals surface area contributed by atoms with Gasteiger partial charge in [-0.2, -0.15) is 0 Å². The van der Waals surface area contributed by atoms with Crippen molar-refractivity contribution in [3.05, 3.63) is 98.5 Å². The minimum absolute atomic E-state index is 0.155. The maximum absolute atomic E-state index is 13.5. The predicted octanol–water partition coefficient (Wildman–Crippen LogP) is 4.95. The van der Waals surface area contributed by atoms with Crippen LogP contribution in [0.5, 0.6) is 0 Å². The van der Waals surface area contributed by atoms with Gasteiger partial charge in [0.05, 0.1) is 22.3 Å². The van der Waals surface area contributed by atoms with Crippen molar-refractivity contribution < 1.29 is 19.3 Å². The Kier molecular flexibility index (Phi) is 5.28. The number of benzene rings is 3. The van der Waals surface area contributed by atoms with E-state index in [9.17, 15) is 19.7 Å². The normalized spacial score (nSPS) is 22.1. The molecular formula is C23H15Cl2N3O5. The Labute approximate surface area is 198 Å². The average molecular weight is 484 g/mol. The highest BCUT2D eigenvalue weighted by Crippen LogP contribution is 2.49. The monoisotopic (exact) mass is 483 g/mol. The number of para-hydroxylation sites is 1. The molecule has 5 rings (SSSR count). The summed E-state index contributed by atoms with van der Waals surface area (Å²) in [6.45, 7) is 0. The van der Waals surface area contributed by atoms with E-state index in [0.29, 0.717) is 22.0 Å². The van der Waals surface area contributed by atoms with Gasteiger partial charge in [0, 0.05) is 22.2 Å². The third kappa shape index (κ3) is 3.52. The van der Waals surface area contributed by atoms with Crippen LogP contribution < -0.4 is 9.96 Å². The van der Waals surface area contributed by atoms with Crippen molar-refractivity contribution in [3.63, 3.8) is 0 Å². The second-order valence-electron chi connectivity index (χ2n) is 7.61. The molecule has 2 aliphatic heterocycles. The summed E-state index contributed by atoms with van der Waals surface area (Å²) in [6.07, 6.45) is -1.12. The van der Waals surface area contributed by atoms with Crippen LogP contribution in [0.25, 0.3) is 0 Å². The zero-order chi connectivity index (χ0) is 23.3. The second kappa shape index (κ2) is 8.15. The highest BCUT2D eigenvalue weighted by Gasteiger charge is 2.60. The number of nitro benzene ring substituents is 1. The van der Waals surface area contributed by atoms with Gasteiger partial charge < -0.3 is 0 Å². The quantitative estimate of drug-likeness (QED) is 0.296. The second-order valence-corrected chi connectivity index (χ2v) is 8.46. The minimum atomic E-state index is -1.12. The standard InChI is InChI=1S/C23H15Cl2N3O5/c24-13-9-10-17(18(25)11-13)20-19-21(23(30)26(22(19)29)14-5-2-1-3-6-14)33-27(20)15-7-4-8-16(12-15)28(31)32/h1-12,19-21H/t19-,20-,21+/m0/s1. The molecule has 166 valence electrons. The van der Waals surface area contributed by atoms with E-state index >= 15 is 0 Å². The van der Waals surface area contributed by atoms with Gasteiger partial charge in [0.25, 0.3) is 11.6 Å². The lowest BCUT2D eigenvalue weighted by Crippen LogP contribution is -2.37. The summed E-state index contributed by atoms with van der Waals surface area (Å²) >= 11 is 12.6. The van der Waals surface area contributed by atoms with Crippen LogP contribution >= 0.6 is 23.2 Å². The summed E-state index contributed by atoms with van der Waals surface area (Å²) in [6, 6.07) is 18.4. The number of nitrogens with zero attached hydrogens (tertiary/aromatic N) is 3. The van der Waals surface area contributed by atoms with Gasteiger partial charge in [0.1, 0.15) is 5.92 Å². The third-order valence-corrected chi connectivity index (χ3v) is 6.27. The number of nitro groups is 1. The van der Waals surface area contributed by atoms with Gasteiger partial charge in [-0.05, 0) is 35.9 Å². The SMILES string of the molecule is O=C1[C@@H]2[C@@H](ON(c3cccc([N+](=O)[O-])c3)[C@H]2c2ccc(Cl)cc2Cl)C(=O)N1c1ccccc1. The fraction of sp³-hybridized carbons (Fsp3) is 0.130. The van der Waals surface area contributed by atoms with Crippen LogP contribution in [-0.4, -0.2) is 22.8 Å². The molecule has 0 saturated carbocycles. The number of hydrogen-bond acceptors (Lipinski definition) is 6. The van der Waals surface area contributed by atoms with E-state index in [4.69, 9.17) is 28.0 Å². The van der Waals surface area contributed by atoms with Gasteiger partial charge in [-0.25, -0.2) is 9.96 Å². The largest absolute Gasteiger partial charge is 0.273 e. The van der Waals surface area contributed by atoms with Gasteiger partial charge in [-0.3, -0.25) is 24.5 Å². The number of hydroxylamine groups is 1. The summed E-state index contributed by atoms with van der Waals surface area (Å²) in [7, 11) is 0. The maximum Gasteiger partial charge on any atom is 0.271 e. The molecule has 2 amide bonds. The first-order valence-corrected chi connectivity index (χ1v) is 10.7. The predicted molar refractivity (Wildman–Crippen MR) is 122 cm³/mol. The molecule has 0 aliphatic carbocycles. The lowest BCUT2D eigenvalue weighted by molar-refractivity contribution is -0.384. The molecule has 10 heteroatoms. The van der Waals surface area contributed by atoms with Crippen molar-refractivity contribution in [2.24, 2.45) is 5.92 Å². The molecule has 2 aliphatic rings. The Morgan fingerprint density at radius 3 is 2.30 bits per heavy atom. The highest BCUT2D eigenvalue weighted by molar-refractivity contribution is 6.35. The number of non-ortho nitro benzene ring substituents is 1. The average Bonchev–Trinajstić information content (AvgIpc) is 3.30. The Balaban J connectivity index is 1.63. The topological polar surface area (TPSA) is 93.0 Å². The summed E-state index contributed by atoms with van der Waals surface area (Å²) in [4.78, 5) is 44.7. The van der Waals surface area contributed by atoms with Crippen LogP contribution in [0.4, 0.5) is 17.1 Å². The van der Waals surface area contributed by atoms with Crippen LogP contribution in [0.2, 0.25) is 10.0 Å².